The molecule has 0 spiro atoms. The Morgan fingerprint density at radius 1 is 0.867 bits per heavy atom. The molecule has 0 aromatic heterocycles. The second-order valence-electron chi connectivity index (χ2n) is 3.25. The van der Waals surface area contributed by atoms with Crippen molar-refractivity contribution in [2.24, 2.45) is 0 Å². The van der Waals surface area contributed by atoms with Gasteiger partial charge in [0.2, 0.25) is 0 Å². The van der Waals surface area contributed by atoms with Crippen LogP contribution in [0, 0.1) is 0 Å². The van der Waals surface area contributed by atoms with E-state index in [-0.39, 0.29) is 0 Å². The molecule has 0 unspecified atom stereocenters. The minimum Gasteiger partial charge on any atom is -0.142 e. The number of hydrogen-bond donors (Lipinski definition) is 2. The summed E-state index contributed by atoms with van der Waals surface area (Å²) in [6, 6.07) is 0. The maximum Gasteiger partial charge on any atom is 0.0382 e. The fourth-order valence-electron chi connectivity index (χ4n) is 1.69. The highest BCUT2D eigenvalue weighted by Crippen LogP contribution is 2.60. The van der Waals surface area contributed by atoms with Gasteiger partial charge in [-0.05, 0) is 55.4 Å². The van der Waals surface area contributed by atoms with E-state index in [1.165, 1.54) is 20.9 Å². The van der Waals surface area contributed by atoms with E-state index in [2.05, 4.69) is 39.1 Å². The Bertz CT molecular complexity index is 363. The predicted octanol–water partition coefficient (Wildman–Crippen LogP) is 5.15. The zero-order valence-electron chi connectivity index (χ0n) is 8.53. The molecule has 1 heterocycles. The third kappa shape index (κ3) is 2.06. The van der Waals surface area contributed by atoms with E-state index >= 15 is 0 Å². The van der Waals surface area contributed by atoms with Crippen molar-refractivity contribution in [3.8, 4) is 0 Å². The first-order valence-electron chi connectivity index (χ1n) is 4.81. The minimum absolute atomic E-state index is 1.03. The SMILES string of the molecule is CCc1c(S)c(S)c(CC)c2c1SSS2. The molecule has 1 aromatic rings. The van der Waals surface area contributed by atoms with Gasteiger partial charge in [-0.3, -0.25) is 0 Å². The summed E-state index contributed by atoms with van der Waals surface area (Å²) < 4.78 is 0. The van der Waals surface area contributed by atoms with Crippen LogP contribution < -0.4 is 0 Å². The molecule has 0 N–H and O–H groups in total. The van der Waals surface area contributed by atoms with Crippen LogP contribution in [0.15, 0.2) is 19.6 Å². The first kappa shape index (κ1) is 12.4. The summed E-state index contributed by atoms with van der Waals surface area (Å²) in [5.74, 6) is 0. The summed E-state index contributed by atoms with van der Waals surface area (Å²) in [5.41, 5.74) is 2.72. The van der Waals surface area contributed by atoms with E-state index in [4.69, 9.17) is 0 Å². The lowest BCUT2D eigenvalue weighted by Crippen LogP contribution is -1.96. The summed E-state index contributed by atoms with van der Waals surface area (Å²) in [6.07, 6.45) is 2.07. The van der Waals surface area contributed by atoms with Crippen LogP contribution in [-0.2, 0) is 12.8 Å². The highest BCUT2D eigenvalue weighted by molar-refractivity contribution is 9.10. The van der Waals surface area contributed by atoms with Gasteiger partial charge < -0.3 is 0 Å². The lowest BCUT2D eigenvalue weighted by molar-refractivity contribution is 0.883. The van der Waals surface area contributed by atoms with Crippen LogP contribution in [0.2, 0.25) is 0 Å². The molecule has 0 amide bonds. The predicted molar refractivity (Wildman–Crippen MR) is 79.0 cm³/mol. The Balaban J connectivity index is 2.72. The molecule has 1 aromatic carbocycles. The summed E-state index contributed by atoms with van der Waals surface area (Å²) in [7, 11) is 5.58. The summed E-state index contributed by atoms with van der Waals surface area (Å²) in [5, 5.41) is 0. The van der Waals surface area contributed by atoms with Gasteiger partial charge in [0.15, 0.2) is 0 Å². The normalized spacial score (nSPS) is 14.4. The van der Waals surface area contributed by atoms with Crippen molar-refractivity contribution in [3.05, 3.63) is 11.1 Å². The molecule has 0 nitrogen and oxygen atoms in total. The number of rotatable bonds is 2. The van der Waals surface area contributed by atoms with Crippen LogP contribution in [0.5, 0.6) is 0 Å². The van der Waals surface area contributed by atoms with Crippen LogP contribution in [-0.4, -0.2) is 0 Å². The molecular weight excluding hydrogens is 280 g/mol. The minimum atomic E-state index is 1.03. The van der Waals surface area contributed by atoms with Crippen molar-refractivity contribution in [1.82, 2.24) is 0 Å². The number of benzene rings is 1. The van der Waals surface area contributed by atoms with Gasteiger partial charge >= 0.3 is 0 Å². The molecule has 0 radical (unpaired) electrons. The molecule has 0 fully saturated rings. The van der Waals surface area contributed by atoms with Crippen LogP contribution >= 0.6 is 56.7 Å². The average molecular weight is 293 g/mol. The fourth-order valence-corrected chi connectivity index (χ4v) is 7.63. The number of fused-ring (bicyclic) bond motifs is 1. The van der Waals surface area contributed by atoms with E-state index < -0.39 is 0 Å². The van der Waals surface area contributed by atoms with E-state index in [9.17, 15) is 0 Å². The van der Waals surface area contributed by atoms with Gasteiger partial charge in [-0.25, -0.2) is 0 Å². The molecule has 1 aliphatic rings. The molecule has 15 heavy (non-hydrogen) atoms. The van der Waals surface area contributed by atoms with E-state index in [1.807, 2.05) is 31.4 Å². The summed E-state index contributed by atoms with van der Waals surface area (Å²) in [4.78, 5) is 5.00. The maximum atomic E-state index is 4.61. The van der Waals surface area contributed by atoms with E-state index in [0.717, 1.165) is 22.6 Å². The van der Waals surface area contributed by atoms with Crippen molar-refractivity contribution in [2.45, 2.75) is 46.3 Å². The largest absolute Gasteiger partial charge is 0.142 e. The molecule has 0 saturated carbocycles. The first-order chi connectivity index (χ1) is 7.20. The molecule has 1 aliphatic heterocycles. The van der Waals surface area contributed by atoms with Crippen molar-refractivity contribution in [2.75, 3.05) is 0 Å². The van der Waals surface area contributed by atoms with Gasteiger partial charge in [-0.2, -0.15) is 0 Å². The smallest absolute Gasteiger partial charge is 0.0382 e. The van der Waals surface area contributed by atoms with Crippen molar-refractivity contribution in [1.29, 1.82) is 0 Å². The molecule has 0 atom stereocenters. The fraction of sp³-hybridized carbons (Fsp3) is 0.400. The standard InChI is InChI=1S/C10H12S5/c1-3-5-7(11)8(12)6(4-2)10-9(5)13-15-14-10/h11-12H,3-4H2,1-2H3. The van der Waals surface area contributed by atoms with Crippen LogP contribution in [0.1, 0.15) is 25.0 Å². The Hall–Kier alpha value is 0.970. The highest BCUT2D eigenvalue weighted by atomic mass is 33.5. The Morgan fingerprint density at radius 3 is 1.60 bits per heavy atom. The maximum absolute atomic E-state index is 4.61. The van der Waals surface area contributed by atoms with E-state index in [0.29, 0.717) is 0 Å². The van der Waals surface area contributed by atoms with Gasteiger partial charge in [0.1, 0.15) is 0 Å². The third-order valence-electron chi connectivity index (χ3n) is 2.49. The van der Waals surface area contributed by atoms with Gasteiger partial charge in [0.05, 0.1) is 0 Å². The van der Waals surface area contributed by atoms with Crippen molar-refractivity contribution >= 4 is 56.7 Å². The van der Waals surface area contributed by atoms with Crippen molar-refractivity contribution < 1.29 is 0 Å². The zero-order chi connectivity index (χ0) is 11.0. The first-order valence-corrected chi connectivity index (χ1v) is 9.19. The van der Waals surface area contributed by atoms with Gasteiger partial charge in [-0.15, -0.1) is 25.3 Å². The van der Waals surface area contributed by atoms with Crippen LogP contribution in [0.25, 0.3) is 0 Å². The molecule has 0 saturated heterocycles. The second-order valence-corrected chi connectivity index (χ2v) is 8.07. The Morgan fingerprint density at radius 2 is 1.27 bits per heavy atom. The van der Waals surface area contributed by atoms with Gasteiger partial charge in [-0.1, -0.05) is 13.8 Å². The number of hydrogen-bond acceptors (Lipinski definition) is 5. The van der Waals surface area contributed by atoms with Gasteiger partial charge in [0.25, 0.3) is 0 Å². The Labute approximate surface area is 113 Å². The monoisotopic (exact) mass is 292 g/mol. The molecule has 2 rings (SSSR count). The second kappa shape index (κ2) is 5.08. The van der Waals surface area contributed by atoms with E-state index in [1.54, 1.807) is 0 Å². The van der Waals surface area contributed by atoms with Crippen LogP contribution in [0.4, 0.5) is 0 Å². The molecular formula is C10H12S5. The highest BCUT2D eigenvalue weighted by Gasteiger charge is 2.24. The lowest BCUT2D eigenvalue weighted by atomic mass is 10.1. The molecule has 82 valence electrons. The average Bonchev–Trinajstić information content (AvgIpc) is 2.69. The quantitative estimate of drug-likeness (QED) is 0.572. The lowest BCUT2D eigenvalue weighted by Gasteiger charge is -2.15. The molecule has 5 heteroatoms. The molecule has 0 aliphatic carbocycles. The third-order valence-corrected chi connectivity index (χ3v) is 7.79. The van der Waals surface area contributed by atoms with Crippen molar-refractivity contribution in [3.63, 3.8) is 0 Å². The molecule has 0 bridgehead atoms. The number of thiol groups is 2. The van der Waals surface area contributed by atoms with Gasteiger partial charge in [0, 0.05) is 19.6 Å². The van der Waals surface area contributed by atoms with Crippen LogP contribution in [0.3, 0.4) is 0 Å². The zero-order valence-corrected chi connectivity index (χ0v) is 12.8. The summed E-state index contributed by atoms with van der Waals surface area (Å²) in [6.45, 7) is 4.37. The topological polar surface area (TPSA) is 0 Å². The Kier molecular flexibility index (Phi) is 4.21. The summed E-state index contributed by atoms with van der Waals surface area (Å²) >= 11 is 9.21.